The molecule has 0 bridgehead atoms. The average molecular weight is 340 g/mol. The molecule has 1 fully saturated rings. The Kier molecular flexibility index (Phi) is 6.04. The zero-order valence-corrected chi connectivity index (χ0v) is 14.5. The molecule has 1 N–H and O–H groups in total. The fraction of sp³-hybridized carbons (Fsp3) is 0.350. The van der Waals surface area contributed by atoms with Gasteiger partial charge in [-0.25, -0.2) is 0 Å². The first-order valence-corrected chi connectivity index (χ1v) is 8.60. The Morgan fingerprint density at radius 2 is 1.92 bits per heavy atom. The lowest BCUT2D eigenvalue weighted by atomic mass is 10.1. The summed E-state index contributed by atoms with van der Waals surface area (Å²) in [5, 5.41) is 2.94. The number of ether oxygens (including phenoxy) is 1. The number of rotatable bonds is 6. The maximum atomic E-state index is 12.0. The Labute approximate surface area is 148 Å². The molecule has 1 aliphatic heterocycles. The number of hydrogen-bond donors (Lipinski definition) is 1. The molecule has 1 saturated heterocycles. The van der Waals surface area contributed by atoms with Gasteiger partial charge in [0.1, 0.15) is 11.5 Å². The lowest BCUT2D eigenvalue weighted by Crippen LogP contribution is -2.36. The van der Waals surface area contributed by atoms with Crippen LogP contribution in [0.15, 0.2) is 46.9 Å². The molecule has 1 aromatic heterocycles. The molecule has 0 unspecified atom stereocenters. The number of aryl methyl sites for hydroxylation is 1. The van der Waals surface area contributed by atoms with E-state index < -0.39 is 0 Å². The molecule has 0 aliphatic carbocycles. The number of benzene rings is 1. The average Bonchev–Trinajstić information content (AvgIpc) is 3.05. The standard InChI is InChI=1S/C20H24N2O3/c1-16-6-7-19(25-16)8-9-20(23)21-14-17-4-2-3-5-18(17)15-22-10-12-24-13-11-22/h2-9H,10-15H2,1H3,(H,21,23). The van der Waals surface area contributed by atoms with Crippen LogP contribution >= 0.6 is 0 Å². The summed E-state index contributed by atoms with van der Waals surface area (Å²) in [4.78, 5) is 14.4. The molecule has 2 aromatic rings. The molecule has 5 heteroatoms. The number of furan rings is 1. The van der Waals surface area contributed by atoms with E-state index in [0.29, 0.717) is 12.3 Å². The Morgan fingerprint density at radius 3 is 2.64 bits per heavy atom. The van der Waals surface area contributed by atoms with Crippen molar-refractivity contribution in [2.24, 2.45) is 0 Å². The smallest absolute Gasteiger partial charge is 0.244 e. The highest BCUT2D eigenvalue weighted by Crippen LogP contribution is 2.13. The Balaban J connectivity index is 1.55. The molecule has 0 spiro atoms. The number of carbonyl (C=O) groups excluding carboxylic acids is 1. The van der Waals surface area contributed by atoms with Crippen LogP contribution in [0.25, 0.3) is 6.08 Å². The minimum absolute atomic E-state index is 0.129. The number of nitrogens with zero attached hydrogens (tertiary/aromatic N) is 1. The monoisotopic (exact) mass is 340 g/mol. The van der Waals surface area contributed by atoms with E-state index in [1.807, 2.05) is 31.2 Å². The van der Waals surface area contributed by atoms with Gasteiger partial charge in [-0.2, -0.15) is 0 Å². The number of nitrogens with one attached hydrogen (secondary N) is 1. The van der Waals surface area contributed by atoms with Crippen LogP contribution in [0.2, 0.25) is 0 Å². The molecule has 132 valence electrons. The van der Waals surface area contributed by atoms with Crippen molar-refractivity contribution in [3.05, 3.63) is 65.1 Å². The minimum atomic E-state index is -0.129. The fourth-order valence-corrected chi connectivity index (χ4v) is 2.83. The first kappa shape index (κ1) is 17.5. The van der Waals surface area contributed by atoms with Crippen LogP contribution in [0.4, 0.5) is 0 Å². The lowest BCUT2D eigenvalue weighted by molar-refractivity contribution is -0.116. The lowest BCUT2D eigenvalue weighted by Gasteiger charge is -2.27. The summed E-state index contributed by atoms with van der Waals surface area (Å²) in [6.07, 6.45) is 3.19. The molecule has 0 saturated carbocycles. The third-order valence-corrected chi connectivity index (χ3v) is 4.23. The highest BCUT2D eigenvalue weighted by atomic mass is 16.5. The largest absolute Gasteiger partial charge is 0.462 e. The topological polar surface area (TPSA) is 54.7 Å². The van der Waals surface area contributed by atoms with Crippen LogP contribution in [0.3, 0.4) is 0 Å². The normalized spacial score (nSPS) is 15.6. The molecule has 0 radical (unpaired) electrons. The molecule has 25 heavy (non-hydrogen) atoms. The van der Waals surface area contributed by atoms with Gasteiger partial charge in [0.15, 0.2) is 0 Å². The van der Waals surface area contributed by atoms with Crippen LogP contribution in [-0.4, -0.2) is 37.1 Å². The van der Waals surface area contributed by atoms with Crippen LogP contribution in [0, 0.1) is 6.92 Å². The summed E-state index contributed by atoms with van der Waals surface area (Å²) < 4.78 is 10.8. The van der Waals surface area contributed by atoms with Gasteiger partial charge in [-0.3, -0.25) is 9.69 Å². The second kappa shape index (κ2) is 8.65. The van der Waals surface area contributed by atoms with E-state index in [2.05, 4.69) is 22.3 Å². The molecule has 1 aliphatic rings. The van der Waals surface area contributed by atoms with Gasteiger partial charge in [-0.05, 0) is 36.3 Å². The first-order valence-electron chi connectivity index (χ1n) is 8.60. The van der Waals surface area contributed by atoms with Crippen molar-refractivity contribution >= 4 is 12.0 Å². The molecule has 3 rings (SSSR count). The Morgan fingerprint density at radius 1 is 1.16 bits per heavy atom. The highest BCUT2D eigenvalue weighted by Gasteiger charge is 2.12. The summed E-state index contributed by atoms with van der Waals surface area (Å²) in [6, 6.07) is 12.0. The van der Waals surface area contributed by atoms with Gasteiger partial charge in [-0.1, -0.05) is 24.3 Å². The maximum Gasteiger partial charge on any atom is 0.244 e. The van der Waals surface area contributed by atoms with E-state index in [9.17, 15) is 4.79 Å². The minimum Gasteiger partial charge on any atom is -0.462 e. The molecule has 2 heterocycles. The highest BCUT2D eigenvalue weighted by molar-refractivity contribution is 5.91. The van der Waals surface area contributed by atoms with Crippen molar-refractivity contribution in [1.29, 1.82) is 0 Å². The van der Waals surface area contributed by atoms with Crippen molar-refractivity contribution in [3.63, 3.8) is 0 Å². The third-order valence-electron chi connectivity index (χ3n) is 4.23. The van der Waals surface area contributed by atoms with Crippen molar-refractivity contribution in [2.45, 2.75) is 20.0 Å². The number of amides is 1. The molecule has 5 nitrogen and oxygen atoms in total. The quantitative estimate of drug-likeness (QED) is 0.822. The van der Waals surface area contributed by atoms with Gasteiger partial charge < -0.3 is 14.5 Å². The van der Waals surface area contributed by atoms with Crippen LogP contribution in [0.5, 0.6) is 0 Å². The number of morpholine rings is 1. The van der Waals surface area contributed by atoms with E-state index in [1.165, 1.54) is 11.6 Å². The van der Waals surface area contributed by atoms with Gasteiger partial charge >= 0.3 is 0 Å². The predicted molar refractivity (Wildman–Crippen MR) is 96.9 cm³/mol. The fourth-order valence-electron chi connectivity index (χ4n) is 2.83. The predicted octanol–water partition coefficient (Wildman–Crippen LogP) is 2.75. The number of hydrogen-bond acceptors (Lipinski definition) is 4. The van der Waals surface area contributed by atoms with E-state index in [-0.39, 0.29) is 5.91 Å². The van der Waals surface area contributed by atoms with Crippen molar-refractivity contribution < 1.29 is 13.9 Å². The molecule has 0 atom stereocenters. The molecule has 1 amide bonds. The van der Waals surface area contributed by atoms with Gasteiger partial charge in [-0.15, -0.1) is 0 Å². The van der Waals surface area contributed by atoms with Crippen LogP contribution < -0.4 is 5.32 Å². The summed E-state index contributed by atoms with van der Waals surface area (Å²) in [5.74, 6) is 1.38. The summed E-state index contributed by atoms with van der Waals surface area (Å²) in [5.41, 5.74) is 2.39. The van der Waals surface area contributed by atoms with Gasteiger partial charge in [0, 0.05) is 32.3 Å². The van der Waals surface area contributed by atoms with E-state index >= 15 is 0 Å². The van der Waals surface area contributed by atoms with Crippen molar-refractivity contribution in [3.8, 4) is 0 Å². The zero-order chi connectivity index (χ0) is 17.5. The summed E-state index contributed by atoms with van der Waals surface area (Å²) in [7, 11) is 0. The van der Waals surface area contributed by atoms with E-state index in [4.69, 9.17) is 9.15 Å². The van der Waals surface area contributed by atoms with E-state index in [1.54, 1.807) is 6.08 Å². The molecule has 1 aromatic carbocycles. The van der Waals surface area contributed by atoms with Crippen molar-refractivity contribution in [2.75, 3.05) is 26.3 Å². The molecular weight excluding hydrogens is 316 g/mol. The van der Waals surface area contributed by atoms with Gasteiger partial charge in [0.05, 0.1) is 13.2 Å². The second-order valence-electron chi connectivity index (χ2n) is 6.16. The first-order chi connectivity index (χ1) is 12.2. The van der Waals surface area contributed by atoms with Gasteiger partial charge in [0.2, 0.25) is 5.91 Å². The molecular formula is C20H24N2O3. The van der Waals surface area contributed by atoms with Crippen LogP contribution in [0.1, 0.15) is 22.6 Å². The van der Waals surface area contributed by atoms with Crippen LogP contribution in [-0.2, 0) is 22.6 Å². The SMILES string of the molecule is Cc1ccc(C=CC(=O)NCc2ccccc2CN2CCOCC2)o1. The van der Waals surface area contributed by atoms with Crippen molar-refractivity contribution in [1.82, 2.24) is 10.2 Å². The maximum absolute atomic E-state index is 12.0. The summed E-state index contributed by atoms with van der Waals surface area (Å²) in [6.45, 7) is 6.75. The zero-order valence-electron chi connectivity index (χ0n) is 14.5. The number of carbonyl (C=O) groups is 1. The third kappa shape index (κ3) is 5.31. The summed E-state index contributed by atoms with van der Waals surface area (Å²) >= 11 is 0. The Hall–Kier alpha value is -2.37. The second-order valence-corrected chi connectivity index (χ2v) is 6.16. The Bertz CT molecular complexity index is 730. The van der Waals surface area contributed by atoms with Gasteiger partial charge in [0.25, 0.3) is 0 Å². The van der Waals surface area contributed by atoms with E-state index in [0.717, 1.165) is 44.2 Å².